The van der Waals surface area contributed by atoms with Crippen LogP contribution in [0.25, 0.3) is 17.2 Å². The fourth-order valence-electron chi connectivity index (χ4n) is 4.17. The lowest BCUT2D eigenvalue weighted by Gasteiger charge is -2.39. The SMILES string of the molecule is CC(O)N(Cc1nc(-c2ncn3c2C2CCN2C(=O)c2c(Cl)cccc2-3)no1)[C@H](C)O. The van der Waals surface area contributed by atoms with Crippen LogP contribution in [-0.4, -0.2) is 64.6 Å². The van der Waals surface area contributed by atoms with Crippen molar-refractivity contribution < 1.29 is 19.5 Å². The second-order valence-corrected chi connectivity index (χ2v) is 8.14. The molecule has 2 N–H and O–H groups in total. The molecule has 0 aliphatic carbocycles. The van der Waals surface area contributed by atoms with Crippen LogP contribution in [-0.2, 0) is 6.54 Å². The maximum atomic E-state index is 13.1. The summed E-state index contributed by atoms with van der Waals surface area (Å²) in [6, 6.07) is 5.18. The third-order valence-corrected chi connectivity index (χ3v) is 6.14. The van der Waals surface area contributed by atoms with E-state index < -0.39 is 12.5 Å². The van der Waals surface area contributed by atoms with Crippen LogP contribution in [0.2, 0.25) is 5.02 Å². The van der Waals surface area contributed by atoms with Crippen molar-refractivity contribution in [1.82, 2.24) is 29.5 Å². The Balaban J connectivity index is 1.57. The molecule has 0 spiro atoms. The molecule has 3 atom stereocenters. The molecule has 1 saturated heterocycles. The third-order valence-electron chi connectivity index (χ3n) is 5.82. The predicted molar refractivity (Wildman–Crippen MR) is 109 cm³/mol. The number of carbonyl (C=O) groups excluding carboxylic acids is 1. The van der Waals surface area contributed by atoms with E-state index in [1.807, 2.05) is 10.6 Å². The number of carbonyl (C=O) groups is 1. The number of fused-ring (bicyclic) bond motifs is 5. The molecule has 11 heteroatoms. The molecule has 2 unspecified atom stereocenters. The molecule has 2 aromatic heterocycles. The molecule has 0 saturated carbocycles. The van der Waals surface area contributed by atoms with E-state index in [0.29, 0.717) is 28.5 Å². The van der Waals surface area contributed by atoms with Gasteiger partial charge in [0.05, 0.1) is 34.6 Å². The van der Waals surface area contributed by atoms with Crippen molar-refractivity contribution in [3.05, 3.63) is 46.7 Å². The Morgan fingerprint density at radius 3 is 2.77 bits per heavy atom. The summed E-state index contributed by atoms with van der Waals surface area (Å²) in [4.78, 5) is 25.2. The first-order chi connectivity index (χ1) is 14.9. The van der Waals surface area contributed by atoms with Crippen LogP contribution in [0.3, 0.4) is 0 Å². The number of halogens is 1. The maximum absolute atomic E-state index is 13.1. The van der Waals surface area contributed by atoms with E-state index in [0.717, 1.165) is 12.1 Å². The van der Waals surface area contributed by atoms with Gasteiger partial charge in [-0.25, -0.2) is 9.88 Å². The molecule has 2 aliphatic rings. The van der Waals surface area contributed by atoms with Gasteiger partial charge in [-0.3, -0.25) is 9.36 Å². The standard InChI is InChI=1S/C20H21ClN6O4/c1-10(28)26(11(2)29)8-15-23-19(24-31-15)17-18-14-6-7-25(14)20(30)16-12(21)4-3-5-13(16)27(18)9-22-17/h3-5,9-11,14,28-29H,6-8H2,1-2H3/t10-,11?,14?/m0/s1. The number of hydrogen-bond acceptors (Lipinski definition) is 8. The normalized spacial score (nSPS) is 19.4. The second-order valence-electron chi connectivity index (χ2n) is 7.73. The molecule has 5 rings (SSSR count). The number of benzene rings is 1. The van der Waals surface area contributed by atoms with Gasteiger partial charge in [-0.1, -0.05) is 22.8 Å². The molecule has 1 amide bonds. The van der Waals surface area contributed by atoms with Crippen LogP contribution in [0.15, 0.2) is 29.0 Å². The first-order valence-electron chi connectivity index (χ1n) is 9.98. The summed E-state index contributed by atoms with van der Waals surface area (Å²) in [5.74, 6) is 0.409. The van der Waals surface area contributed by atoms with Crippen molar-refractivity contribution in [3.63, 3.8) is 0 Å². The smallest absolute Gasteiger partial charge is 0.258 e. The van der Waals surface area contributed by atoms with Crippen LogP contribution in [0.4, 0.5) is 0 Å². The molecule has 3 aromatic rings. The lowest BCUT2D eigenvalue weighted by atomic mass is 9.97. The van der Waals surface area contributed by atoms with Crippen LogP contribution in [0, 0.1) is 0 Å². The van der Waals surface area contributed by atoms with Gasteiger partial charge in [0.2, 0.25) is 11.7 Å². The molecule has 0 bridgehead atoms. The zero-order chi connectivity index (χ0) is 21.9. The predicted octanol–water partition coefficient (Wildman–Crippen LogP) is 1.95. The monoisotopic (exact) mass is 444 g/mol. The van der Waals surface area contributed by atoms with Crippen LogP contribution >= 0.6 is 11.6 Å². The van der Waals surface area contributed by atoms with Gasteiger partial charge in [-0.05, 0) is 32.4 Å². The highest BCUT2D eigenvalue weighted by Gasteiger charge is 2.43. The summed E-state index contributed by atoms with van der Waals surface area (Å²) in [7, 11) is 0. The molecule has 10 nitrogen and oxygen atoms in total. The minimum Gasteiger partial charge on any atom is -0.379 e. The number of aliphatic hydroxyl groups is 2. The van der Waals surface area contributed by atoms with Crippen LogP contribution < -0.4 is 0 Å². The number of aliphatic hydroxyl groups excluding tert-OH is 2. The quantitative estimate of drug-likeness (QED) is 0.573. The minimum atomic E-state index is -0.893. The number of aromatic nitrogens is 4. The van der Waals surface area contributed by atoms with E-state index in [9.17, 15) is 15.0 Å². The van der Waals surface area contributed by atoms with Crippen molar-refractivity contribution in [1.29, 1.82) is 0 Å². The van der Waals surface area contributed by atoms with Crippen LogP contribution in [0.1, 0.15) is 48.3 Å². The van der Waals surface area contributed by atoms with Gasteiger partial charge < -0.3 is 19.6 Å². The average Bonchev–Trinajstić information content (AvgIpc) is 3.29. The largest absolute Gasteiger partial charge is 0.379 e. The van der Waals surface area contributed by atoms with E-state index >= 15 is 0 Å². The molecule has 4 heterocycles. The fraction of sp³-hybridized carbons (Fsp3) is 0.400. The van der Waals surface area contributed by atoms with Gasteiger partial charge in [-0.15, -0.1) is 0 Å². The van der Waals surface area contributed by atoms with Gasteiger partial charge in [0.25, 0.3) is 5.91 Å². The number of rotatable bonds is 5. The topological polar surface area (TPSA) is 121 Å². The van der Waals surface area contributed by atoms with Gasteiger partial charge in [-0.2, -0.15) is 4.98 Å². The number of imidazole rings is 1. The zero-order valence-corrected chi connectivity index (χ0v) is 17.7. The van der Waals surface area contributed by atoms with Crippen molar-refractivity contribution in [2.24, 2.45) is 0 Å². The maximum Gasteiger partial charge on any atom is 0.258 e. The van der Waals surface area contributed by atoms with E-state index in [2.05, 4.69) is 15.1 Å². The fourth-order valence-corrected chi connectivity index (χ4v) is 4.42. The van der Waals surface area contributed by atoms with E-state index in [4.69, 9.17) is 16.1 Å². The highest BCUT2D eigenvalue weighted by atomic mass is 35.5. The number of hydrogen-bond donors (Lipinski definition) is 2. The first kappa shape index (κ1) is 20.1. The highest BCUT2D eigenvalue weighted by Crippen LogP contribution is 2.44. The Bertz CT molecular complexity index is 1150. The Kier molecular flexibility index (Phi) is 4.82. The van der Waals surface area contributed by atoms with Crippen molar-refractivity contribution in [3.8, 4) is 17.2 Å². The summed E-state index contributed by atoms with van der Waals surface area (Å²) in [5, 5.41) is 24.2. The lowest BCUT2D eigenvalue weighted by Crippen LogP contribution is -2.44. The summed E-state index contributed by atoms with van der Waals surface area (Å²) >= 11 is 6.37. The molecular formula is C20H21ClN6O4. The summed E-state index contributed by atoms with van der Waals surface area (Å²) in [6.07, 6.45) is 0.645. The Morgan fingerprint density at radius 2 is 2.10 bits per heavy atom. The Labute approximate surface area is 182 Å². The van der Waals surface area contributed by atoms with E-state index in [1.54, 1.807) is 37.2 Å². The summed E-state index contributed by atoms with van der Waals surface area (Å²) in [5.41, 5.74) is 2.44. The third kappa shape index (κ3) is 3.14. The molecule has 2 aliphatic heterocycles. The molecule has 31 heavy (non-hydrogen) atoms. The molecule has 0 radical (unpaired) electrons. The highest BCUT2D eigenvalue weighted by molar-refractivity contribution is 6.34. The van der Waals surface area contributed by atoms with Crippen LogP contribution in [0.5, 0.6) is 0 Å². The number of amides is 1. The van der Waals surface area contributed by atoms with Gasteiger partial charge in [0, 0.05) is 6.54 Å². The van der Waals surface area contributed by atoms with E-state index in [1.165, 1.54) is 4.90 Å². The number of nitrogens with zero attached hydrogens (tertiary/aromatic N) is 6. The van der Waals surface area contributed by atoms with Gasteiger partial charge in [0.15, 0.2) is 0 Å². The Hall–Kier alpha value is -2.79. The average molecular weight is 445 g/mol. The summed E-state index contributed by atoms with van der Waals surface area (Å²) < 4.78 is 7.22. The first-order valence-corrected chi connectivity index (χ1v) is 10.4. The molecular weight excluding hydrogens is 424 g/mol. The van der Waals surface area contributed by atoms with Crippen molar-refractivity contribution in [2.75, 3.05) is 6.54 Å². The molecule has 1 fully saturated rings. The minimum absolute atomic E-state index is 0.0743. The molecule has 1 aromatic carbocycles. The lowest BCUT2D eigenvalue weighted by molar-refractivity contribution is -0.0938. The summed E-state index contributed by atoms with van der Waals surface area (Å²) in [6.45, 7) is 3.80. The Morgan fingerprint density at radius 1 is 1.32 bits per heavy atom. The van der Waals surface area contributed by atoms with Crippen molar-refractivity contribution >= 4 is 17.5 Å². The van der Waals surface area contributed by atoms with Gasteiger partial charge >= 0.3 is 0 Å². The van der Waals surface area contributed by atoms with E-state index in [-0.39, 0.29) is 30.2 Å². The molecule has 162 valence electrons. The van der Waals surface area contributed by atoms with Crippen molar-refractivity contribution in [2.45, 2.75) is 45.3 Å². The van der Waals surface area contributed by atoms with Gasteiger partial charge in [0.1, 0.15) is 24.5 Å². The second kappa shape index (κ2) is 7.41. The zero-order valence-electron chi connectivity index (χ0n) is 16.9.